The number of rotatable bonds is 5. The lowest BCUT2D eigenvalue weighted by Crippen LogP contribution is -2.38. The van der Waals surface area contributed by atoms with Crippen molar-refractivity contribution in [1.82, 2.24) is 9.88 Å². The van der Waals surface area contributed by atoms with E-state index < -0.39 is 5.97 Å². The first-order valence-electron chi connectivity index (χ1n) is 6.55. The quantitative estimate of drug-likeness (QED) is 0.799. The van der Waals surface area contributed by atoms with E-state index in [0.29, 0.717) is 22.5 Å². The fourth-order valence-corrected chi connectivity index (χ4v) is 2.53. The maximum atomic E-state index is 12.5. The van der Waals surface area contributed by atoms with Crippen LogP contribution in [0.3, 0.4) is 0 Å². The lowest BCUT2D eigenvalue weighted by atomic mass is 10.1. The van der Waals surface area contributed by atoms with Crippen LogP contribution in [0.2, 0.25) is 0 Å². The van der Waals surface area contributed by atoms with E-state index >= 15 is 0 Å². The number of carbonyl (C=O) groups is 3. The first-order valence-corrected chi connectivity index (χ1v) is 6.55. The van der Waals surface area contributed by atoms with E-state index in [0.717, 1.165) is 12.8 Å². The predicted octanol–water partition coefficient (Wildman–Crippen LogP) is 1.52. The number of carboxylic acids is 1. The van der Waals surface area contributed by atoms with Crippen LogP contribution < -0.4 is 0 Å². The van der Waals surface area contributed by atoms with Gasteiger partial charge in [-0.2, -0.15) is 0 Å². The topological polar surface area (TPSA) is 90.5 Å². The highest BCUT2D eigenvalue weighted by Gasteiger charge is 2.36. The molecule has 1 heterocycles. The molecule has 1 aromatic rings. The summed E-state index contributed by atoms with van der Waals surface area (Å²) < 4.78 is 0. The second-order valence-electron chi connectivity index (χ2n) is 5.24. The van der Waals surface area contributed by atoms with Crippen LogP contribution in [0.25, 0.3) is 0 Å². The van der Waals surface area contributed by atoms with E-state index in [1.165, 1.54) is 11.8 Å². The van der Waals surface area contributed by atoms with Crippen LogP contribution in [0.1, 0.15) is 51.9 Å². The third-order valence-corrected chi connectivity index (χ3v) is 3.56. The van der Waals surface area contributed by atoms with E-state index in [1.54, 1.807) is 13.8 Å². The second kappa shape index (κ2) is 5.11. The van der Waals surface area contributed by atoms with Crippen LogP contribution in [0.15, 0.2) is 0 Å². The molecule has 0 bridgehead atoms. The number of hydrogen-bond donors (Lipinski definition) is 2. The Kier molecular flexibility index (Phi) is 3.65. The van der Waals surface area contributed by atoms with Gasteiger partial charge < -0.3 is 15.0 Å². The zero-order valence-corrected chi connectivity index (χ0v) is 11.8. The molecule has 108 valence electrons. The minimum atomic E-state index is -1.03. The number of ketones is 1. The summed E-state index contributed by atoms with van der Waals surface area (Å²) in [6.07, 6.45) is 1.66. The van der Waals surface area contributed by atoms with E-state index in [1.807, 2.05) is 0 Å². The number of amides is 1. The van der Waals surface area contributed by atoms with E-state index in [4.69, 9.17) is 5.11 Å². The second-order valence-corrected chi connectivity index (χ2v) is 5.24. The number of hydrogen-bond acceptors (Lipinski definition) is 3. The fraction of sp³-hybridized carbons (Fsp3) is 0.500. The molecule has 2 N–H and O–H groups in total. The normalized spacial score (nSPS) is 14.2. The number of aliphatic carboxylic acids is 1. The summed E-state index contributed by atoms with van der Waals surface area (Å²) in [7, 11) is 0. The van der Waals surface area contributed by atoms with Gasteiger partial charge in [0, 0.05) is 17.3 Å². The molecule has 0 radical (unpaired) electrons. The first kappa shape index (κ1) is 14.3. The van der Waals surface area contributed by atoms with Gasteiger partial charge in [0.1, 0.15) is 12.2 Å². The minimum Gasteiger partial charge on any atom is -0.480 e. The Labute approximate surface area is 116 Å². The number of H-pyrrole nitrogens is 1. The largest absolute Gasteiger partial charge is 0.480 e. The Balaban J connectivity index is 2.34. The highest BCUT2D eigenvalue weighted by molar-refractivity contribution is 6.03. The summed E-state index contributed by atoms with van der Waals surface area (Å²) in [5, 5.41) is 8.92. The summed E-state index contributed by atoms with van der Waals surface area (Å²) in [5.41, 5.74) is 2.07. The van der Waals surface area contributed by atoms with Gasteiger partial charge in [0.15, 0.2) is 5.78 Å². The molecule has 0 aliphatic heterocycles. The van der Waals surface area contributed by atoms with Gasteiger partial charge >= 0.3 is 5.97 Å². The Hall–Kier alpha value is -2.11. The Morgan fingerprint density at radius 3 is 2.30 bits per heavy atom. The zero-order chi connectivity index (χ0) is 15.0. The smallest absolute Gasteiger partial charge is 0.323 e. The van der Waals surface area contributed by atoms with E-state index in [9.17, 15) is 14.4 Å². The average molecular weight is 278 g/mol. The number of aromatic nitrogens is 1. The SMILES string of the molecule is CC(=O)c1c(C)[nH]c(C(=O)N(CC(=O)O)C2CC2)c1C. The van der Waals surface area contributed by atoms with Crippen LogP contribution in [0, 0.1) is 13.8 Å². The monoisotopic (exact) mass is 278 g/mol. The molecule has 2 rings (SSSR count). The van der Waals surface area contributed by atoms with Crippen molar-refractivity contribution in [3.05, 3.63) is 22.5 Å². The average Bonchev–Trinajstić information content (AvgIpc) is 3.11. The zero-order valence-electron chi connectivity index (χ0n) is 11.8. The predicted molar refractivity (Wildman–Crippen MR) is 72.0 cm³/mol. The number of Topliss-reactive ketones (excluding diaryl/α,β-unsaturated/α-hetero) is 1. The maximum Gasteiger partial charge on any atom is 0.323 e. The van der Waals surface area contributed by atoms with Crippen molar-refractivity contribution in [1.29, 1.82) is 0 Å². The number of aryl methyl sites for hydroxylation is 1. The van der Waals surface area contributed by atoms with Crippen molar-refractivity contribution < 1.29 is 19.5 Å². The van der Waals surface area contributed by atoms with Crippen LogP contribution >= 0.6 is 0 Å². The molecule has 1 amide bonds. The summed E-state index contributed by atoms with van der Waals surface area (Å²) >= 11 is 0. The highest BCUT2D eigenvalue weighted by Crippen LogP contribution is 2.29. The van der Waals surface area contributed by atoms with Gasteiger partial charge in [0.25, 0.3) is 5.91 Å². The Bertz CT molecular complexity index is 584. The molecule has 1 aliphatic rings. The number of nitrogens with zero attached hydrogens (tertiary/aromatic N) is 1. The number of aromatic amines is 1. The number of nitrogens with one attached hydrogen (secondary N) is 1. The molecule has 1 aliphatic carbocycles. The molecule has 20 heavy (non-hydrogen) atoms. The molecule has 1 aromatic heterocycles. The fourth-order valence-electron chi connectivity index (χ4n) is 2.53. The van der Waals surface area contributed by atoms with Crippen molar-refractivity contribution in [2.24, 2.45) is 0 Å². The summed E-state index contributed by atoms with van der Waals surface area (Å²) in [6, 6.07) is 0.00221. The van der Waals surface area contributed by atoms with Crippen LogP contribution in [-0.2, 0) is 4.79 Å². The molecule has 0 saturated heterocycles. The van der Waals surface area contributed by atoms with Crippen molar-refractivity contribution in [3.8, 4) is 0 Å². The molecule has 0 aromatic carbocycles. The molecule has 6 nitrogen and oxygen atoms in total. The minimum absolute atomic E-state index is 0.00221. The molecule has 6 heteroatoms. The molecule has 0 unspecified atom stereocenters. The summed E-state index contributed by atoms with van der Waals surface area (Å²) in [6.45, 7) is 4.59. The van der Waals surface area contributed by atoms with Crippen LogP contribution in [0.5, 0.6) is 0 Å². The Morgan fingerprint density at radius 1 is 1.30 bits per heavy atom. The van der Waals surface area contributed by atoms with Crippen molar-refractivity contribution in [2.75, 3.05) is 6.54 Å². The Morgan fingerprint density at radius 2 is 1.90 bits per heavy atom. The third kappa shape index (κ3) is 2.59. The van der Waals surface area contributed by atoms with Crippen LogP contribution in [0.4, 0.5) is 0 Å². The first-order chi connectivity index (χ1) is 9.32. The van der Waals surface area contributed by atoms with E-state index in [2.05, 4.69) is 4.98 Å². The van der Waals surface area contributed by atoms with Crippen LogP contribution in [-0.4, -0.2) is 45.2 Å². The van der Waals surface area contributed by atoms with Gasteiger partial charge in [-0.3, -0.25) is 14.4 Å². The lowest BCUT2D eigenvalue weighted by molar-refractivity contribution is -0.137. The third-order valence-electron chi connectivity index (χ3n) is 3.56. The van der Waals surface area contributed by atoms with Gasteiger partial charge in [-0.05, 0) is 39.2 Å². The van der Waals surface area contributed by atoms with Crippen molar-refractivity contribution >= 4 is 17.7 Å². The summed E-state index contributed by atoms with van der Waals surface area (Å²) in [5.74, 6) is -1.48. The van der Waals surface area contributed by atoms with Gasteiger partial charge in [0.2, 0.25) is 0 Å². The van der Waals surface area contributed by atoms with Crippen molar-refractivity contribution in [3.63, 3.8) is 0 Å². The number of carboxylic acid groups (broad SMARTS) is 1. The molecule has 1 saturated carbocycles. The molecular weight excluding hydrogens is 260 g/mol. The van der Waals surface area contributed by atoms with Gasteiger partial charge in [0.05, 0.1) is 0 Å². The van der Waals surface area contributed by atoms with Gasteiger partial charge in [-0.25, -0.2) is 0 Å². The molecule has 1 fully saturated rings. The standard InChI is InChI=1S/C14H18N2O4/c1-7-12(9(3)17)8(2)15-13(7)14(20)16(6-11(18)19)10-4-5-10/h10,15H,4-6H2,1-3H3,(H,18,19). The molecule has 0 atom stereocenters. The molecule has 0 spiro atoms. The van der Waals surface area contributed by atoms with Gasteiger partial charge in [-0.15, -0.1) is 0 Å². The number of carbonyl (C=O) groups excluding carboxylic acids is 2. The maximum absolute atomic E-state index is 12.5. The van der Waals surface area contributed by atoms with Gasteiger partial charge in [-0.1, -0.05) is 0 Å². The highest BCUT2D eigenvalue weighted by atomic mass is 16.4. The lowest BCUT2D eigenvalue weighted by Gasteiger charge is -2.19. The van der Waals surface area contributed by atoms with E-state index in [-0.39, 0.29) is 24.3 Å². The summed E-state index contributed by atoms with van der Waals surface area (Å²) in [4.78, 5) is 39.2. The molecular formula is C14H18N2O4. The van der Waals surface area contributed by atoms with Crippen molar-refractivity contribution in [2.45, 2.75) is 39.7 Å².